The predicted octanol–water partition coefficient (Wildman–Crippen LogP) is 5.57. The van der Waals surface area contributed by atoms with Crippen LogP contribution >= 0.6 is 11.3 Å². The Labute approximate surface area is 214 Å². The molecule has 0 saturated carbocycles. The van der Waals surface area contributed by atoms with Gasteiger partial charge in [-0.05, 0) is 48.8 Å². The highest BCUT2D eigenvalue weighted by atomic mass is 32.1. The van der Waals surface area contributed by atoms with E-state index in [1.54, 1.807) is 12.3 Å². The zero-order valence-electron chi connectivity index (χ0n) is 19.8. The van der Waals surface area contributed by atoms with E-state index in [-0.39, 0.29) is 11.3 Å². The van der Waals surface area contributed by atoms with Gasteiger partial charge < -0.3 is 20.3 Å². The molecule has 7 nitrogen and oxygen atoms in total. The van der Waals surface area contributed by atoms with Gasteiger partial charge in [0.15, 0.2) is 10.9 Å². The lowest BCUT2D eigenvalue weighted by atomic mass is 10.00. The number of halogens is 3. The molecule has 37 heavy (non-hydrogen) atoms. The number of aromatic amines is 1. The van der Waals surface area contributed by atoms with E-state index < -0.39 is 35.0 Å². The van der Waals surface area contributed by atoms with Gasteiger partial charge in [0.25, 0.3) is 0 Å². The van der Waals surface area contributed by atoms with E-state index in [2.05, 4.69) is 20.3 Å². The Morgan fingerprint density at radius 2 is 2.08 bits per heavy atom. The SMILES string of the molecule is CN(C)c1nc(-c2cnc3[nH]cc(C(=O)c4c(F)ccc(NC(O)C5=CC(F)=CCC5)c4F)c3c2)cs1. The molecule has 3 heterocycles. The molecule has 3 aromatic heterocycles. The first kappa shape index (κ1) is 24.7. The number of aromatic nitrogens is 3. The van der Waals surface area contributed by atoms with Crippen LogP contribution in [0.1, 0.15) is 28.8 Å². The van der Waals surface area contributed by atoms with Crippen LogP contribution in [0, 0.1) is 11.6 Å². The first-order valence-corrected chi connectivity index (χ1v) is 12.2. The standard InChI is InChI=1S/C26H22F3N5O2S/c1-34(2)26-33-20(12-37-26)14-9-16-17(11-31-24(16)30-10-14)23(35)21-18(28)6-7-19(22(21)29)32-25(36)13-4-3-5-15(27)8-13/h5-12,25,32,36H,3-4H2,1-2H3,(H,30,31). The van der Waals surface area contributed by atoms with E-state index in [4.69, 9.17) is 0 Å². The van der Waals surface area contributed by atoms with Crippen molar-refractivity contribution in [2.75, 3.05) is 24.3 Å². The van der Waals surface area contributed by atoms with E-state index in [1.165, 1.54) is 23.6 Å². The maximum atomic E-state index is 15.4. The quantitative estimate of drug-likeness (QED) is 0.216. The number of thiazole rings is 1. The van der Waals surface area contributed by atoms with Gasteiger partial charge in [-0.2, -0.15) is 0 Å². The number of aliphatic hydroxyl groups excluding tert-OH is 1. The summed E-state index contributed by atoms with van der Waals surface area (Å²) in [6.45, 7) is 0. The lowest BCUT2D eigenvalue weighted by molar-refractivity contribution is 0.103. The molecule has 1 aromatic carbocycles. The molecule has 5 rings (SSSR count). The number of H-pyrrole nitrogens is 1. The van der Waals surface area contributed by atoms with Crippen molar-refractivity contribution in [1.82, 2.24) is 15.0 Å². The first-order chi connectivity index (χ1) is 17.7. The Hall–Kier alpha value is -3.96. The maximum absolute atomic E-state index is 15.4. The molecule has 0 spiro atoms. The second-order valence-corrected chi connectivity index (χ2v) is 9.58. The Balaban J connectivity index is 1.49. The van der Waals surface area contributed by atoms with Gasteiger partial charge >= 0.3 is 0 Å². The fourth-order valence-corrected chi connectivity index (χ4v) is 4.85. The largest absolute Gasteiger partial charge is 0.370 e. The molecule has 4 aromatic rings. The molecular formula is C26H22F3N5O2S. The average Bonchev–Trinajstić information content (AvgIpc) is 3.53. The van der Waals surface area contributed by atoms with Crippen LogP contribution in [0.2, 0.25) is 0 Å². The Morgan fingerprint density at radius 3 is 2.81 bits per heavy atom. The Bertz CT molecular complexity index is 1570. The van der Waals surface area contributed by atoms with Crippen LogP contribution in [0.5, 0.6) is 0 Å². The van der Waals surface area contributed by atoms with Gasteiger partial charge in [-0.1, -0.05) is 0 Å². The van der Waals surface area contributed by atoms with Crippen molar-refractivity contribution in [1.29, 1.82) is 0 Å². The molecule has 3 N–H and O–H groups in total. The zero-order valence-corrected chi connectivity index (χ0v) is 20.7. The molecule has 11 heteroatoms. The second kappa shape index (κ2) is 9.83. The summed E-state index contributed by atoms with van der Waals surface area (Å²) in [4.78, 5) is 27.0. The van der Waals surface area contributed by atoms with Crippen molar-refractivity contribution in [3.8, 4) is 11.3 Å². The summed E-state index contributed by atoms with van der Waals surface area (Å²) in [5.41, 5.74) is 0.952. The van der Waals surface area contributed by atoms with E-state index in [0.29, 0.717) is 40.7 Å². The molecule has 0 fully saturated rings. The Morgan fingerprint density at radius 1 is 1.27 bits per heavy atom. The highest BCUT2D eigenvalue weighted by Crippen LogP contribution is 2.31. The van der Waals surface area contributed by atoms with Gasteiger partial charge in [-0.25, -0.2) is 23.1 Å². The van der Waals surface area contributed by atoms with E-state index in [0.717, 1.165) is 23.3 Å². The van der Waals surface area contributed by atoms with Crippen molar-refractivity contribution < 1.29 is 23.1 Å². The van der Waals surface area contributed by atoms with Crippen LogP contribution < -0.4 is 10.2 Å². The summed E-state index contributed by atoms with van der Waals surface area (Å²) >= 11 is 1.45. The van der Waals surface area contributed by atoms with Gasteiger partial charge in [0.2, 0.25) is 5.78 Å². The van der Waals surface area contributed by atoms with Gasteiger partial charge in [-0.3, -0.25) is 4.79 Å². The average molecular weight is 526 g/mol. The number of hydrogen-bond donors (Lipinski definition) is 3. The number of benzene rings is 1. The monoisotopic (exact) mass is 525 g/mol. The topological polar surface area (TPSA) is 94.1 Å². The molecule has 0 bridgehead atoms. The molecule has 0 aliphatic heterocycles. The summed E-state index contributed by atoms with van der Waals surface area (Å²) in [6, 6.07) is 3.72. The van der Waals surface area contributed by atoms with Crippen molar-refractivity contribution in [3.05, 3.63) is 82.3 Å². The van der Waals surface area contributed by atoms with Crippen LogP contribution in [0.4, 0.5) is 24.0 Å². The van der Waals surface area contributed by atoms with Crippen LogP contribution in [0.15, 0.2) is 59.5 Å². The predicted molar refractivity (Wildman–Crippen MR) is 137 cm³/mol. The van der Waals surface area contributed by atoms with E-state index in [1.807, 2.05) is 24.4 Å². The van der Waals surface area contributed by atoms with Gasteiger partial charge in [0.1, 0.15) is 23.5 Å². The number of nitrogens with one attached hydrogen (secondary N) is 2. The highest BCUT2D eigenvalue weighted by molar-refractivity contribution is 7.14. The lowest BCUT2D eigenvalue weighted by Gasteiger charge is -2.20. The van der Waals surface area contributed by atoms with E-state index in [9.17, 15) is 18.7 Å². The molecule has 190 valence electrons. The van der Waals surface area contributed by atoms with Crippen molar-refractivity contribution in [3.63, 3.8) is 0 Å². The number of nitrogens with zero attached hydrogens (tertiary/aromatic N) is 3. The summed E-state index contributed by atoms with van der Waals surface area (Å²) < 4.78 is 43.8. The van der Waals surface area contributed by atoms with Crippen molar-refractivity contribution in [2.45, 2.75) is 19.1 Å². The molecule has 1 aliphatic rings. The lowest BCUT2D eigenvalue weighted by Crippen LogP contribution is -2.23. The minimum absolute atomic E-state index is 0.0325. The fraction of sp³-hybridized carbons (Fsp3) is 0.192. The number of aliphatic hydroxyl groups is 1. The molecular weight excluding hydrogens is 503 g/mol. The number of fused-ring (bicyclic) bond motifs is 1. The summed E-state index contributed by atoms with van der Waals surface area (Å²) in [6.07, 6.45) is 4.85. The van der Waals surface area contributed by atoms with Crippen molar-refractivity contribution >= 4 is 39.0 Å². The third kappa shape index (κ3) is 4.75. The molecule has 1 unspecified atom stereocenters. The molecule has 0 amide bonds. The van der Waals surface area contributed by atoms with Gasteiger partial charge in [-0.15, -0.1) is 11.3 Å². The normalized spacial score (nSPS) is 14.3. The molecule has 0 radical (unpaired) electrons. The minimum Gasteiger partial charge on any atom is -0.370 e. The smallest absolute Gasteiger partial charge is 0.201 e. The minimum atomic E-state index is -1.41. The number of allylic oxidation sites excluding steroid dienone is 3. The number of carbonyl (C=O) groups is 1. The third-order valence-corrected chi connectivity index (χ3v) is 7.01. The number of pyridine rings is 1. The first-order valence-electron chi connectivity index (χ1n) is 11.4. The summed E-state index contributed by atoms with van der Waals surface area (Å²) in [7, 11) is 3.75. The second-order valence-electron chi connectivity index (χ2n) is 8.74. The van der Waals surface area contributed by atoms with Gasteiger partial charge in [0.05, 0.1) is 16.9 Å². The summed E-state index contributed by atoms with van der Waals surface area (Å²) in [5, 5.41) is 16.0. The van der Waals surface area contributed by atoms with E-state index >= 15 is 4.39 Å². The van der Waals surface area contributed by atoms with Crippen LogP contribution in [0.25, 0.3) is 22.3 Å². The Kier molecular flexibility index (Phi) is 6.57. The number of carbonyl (C=O) groups excluding carboxylic acids is 1. The number of anilines is 2. The van der Waals surface area contributed by atoms with Crippen LogP contribution in [0.3, 0.4) is 0 Å². The van der Waals surface area contributed by atoms with Crippen molar-refractivity contribution in [2.24, 2.45) is 0 Å². The molecule has 1 aliphatic carbocycles. The van der Waals surface area contributed by atoms with Crippen LogP contribution in [-0.2, 0) is 0 Å². The fourth-order valence-electron chi connectivity index (χ4n) is 4.08. The maximum Gasteiger partial charge on any atom is 0.201 e. The highest BCUT2D eigenvalue weighted by Gasteiger charge is 2.26. The zero-order chi connectivity index (χ0) is 26.3. The number of rotatable bonds is 7. The number of ketones is 1. The molecule has 1 atom stereocenters. The van der Waals surface area contributed by atoms with Crippen LogP contribution in [-0.4, -0.2) is 46.2 Å². The number of hydrogen-bond acceptors (Lipinski definition) is 7. The molecule has 0 saturated heterocycles. The third-order valence-electron chi connectivity index (χ3n) is 6.00. The summed E-state index contributed by atoms with van der Waals surface area (Å²) in [5.74, 6) is -3.61. The van der Waals surface area contributed by atoms with Gasteiger partial charge in [0, 0.05) is 48.4 Å².